The normalized spacial score (nSPS) is 10.1. The Morgan fingerprint density at radius 1 is 1.06 bits per heavy atom. The number of hydrogen-bond donors (Lipinski definition) is 1. The maximum Gasteiger partial charge on any atom is 0.255 e. The van der Waals surface area contributed by atoms with Gasteiger partial charge in [0.2, 0.25) is 0 Å². The van der Waals surface area contributed by atoms with Gasteiger partial charge in [0.15, 0.2) is 0 Å². The fourth-order valence-electron chi connectivity index (χ4n) is 1.59. The molecule has 0 unspecified atom stereocenters. The zero-order chi connectivity index (χ0) is 13.0. The number of benzene rings is 2. The molecule has 0 atom stereocenters. The molecular formula is C14H11Cl2NO. The summed E-state index contributed by atoms with van der Waals surface area (Å²) in [6, 6.07) is 14.2. The third kappa shape index (κ3) is 3.03. The lowest BCUT2D eigenvalue weighted by Gasteiger charge is -2.08. The summed E-state index contributed by atoms with van der Waals surface area (Å²) in [5.74, 6) is 0.137. The minimum atomic E-state index is -0.173. The molecule has 2 aromatic rings. The molecule has 0 radical (unpaired) electrons. The monoisotopic (exact) mass is 279 g/mol. The van der Waals surface area contributed by atoms with Crippen LogP contribution in [-0.4, -0.2) is 5.91 Å². The van der Waals surface area contributed by atoms with Crippen molar-refractivity contribution in [2.24, 2.45) is 0 Å². The van der Waals surface area contributed by atoms with E-state index in [1.807, 2.05) is 18.2 Å². The molecule has 0 aliphatic heterocycles. The van der Waals surface area contributed by atoms with Gasteiger partial charge in [0.1, 0.15) is 0 Å². The highest BCUT2D eigenvalue weighted by Gasteiger charge is 2.10. The summed E-state index contributed by atoms with van der Waals surface area (Å²) in [7, 11) is 0. The van der Waals surface area contributed by atoms with Crippen molar-refractivity contribution in [3.63, 3.8) is 0 Å². The number of amides is 1. The van der Waals surface area contributed by atoms with E-state index in [1.165, 1.54) is 0 Å². The summed E-state index contributed by atoms with van der Waals surface area (Å²) in [5.41, 5.74) is 2.10. The Kier molecular flexibility index (Phi) is 4.24. The number of carbonyl (C=O) groups is 1. The van der Waals surface area contributed by atoms with E-state index >= 15 is 0 Å². The molecule has 2 aromatic carbocycles. The molecule has 0 spiro atoms. The first kappa shape index (κ1) is 12.9. The Bertz CT molecular complexity index is 552. The van der Waals surface area contributed by atoms with Gasteiger partial charge in [0.05, 0.1) is 0 Å². The topological polar surface area (TPSA) is 29.1 Å². The second kappa shape index (κ2) is 5.89. The first-order valence-electron chi connectivity index (χ1n) is 5.41. The first-order chi connectivity index (χ1) is 8.70. The summed E-state index contributed by atoms with van der Waals surface area (Å²) in [5, 5.41) is 3.44. The van der Waals surface area contributed by atoms with Crippen LogP contribution in [0.2, 0.25) is 5.02 Å². The van der Waals surface area contributed by atoms with Crippen LogP contribution in [-0.2, 0) is 5.88 Å². The average molecular weight is 280 g/mol. The quantitative estimate of drug-likeness (QED) is 0.833. The second-order valence-corrected chi connectivity index (χ2v) is 4.46. The van der Waals surface area contributed by atoms with Crippen molar-refractivity contribution >= 4 is 34.8 Å². The Balaban J connectivity index is 2.19. The maximum atomic E-state index is 12.1. The van der Waals surface area contributed by atoms with Crippen LogP contribution in [0.25, 0.3) is 0 Å². The van der Waals surface area contributed by atoms with Crippen molar-refractivity contribution < 1.29 is 4.79 Å². The van der Waals surface area contributed by atoms with Gasteiger partial charge in [-0.05, 0) is 35.9 Å². The lowest BCUT2D eigenvalue weighted by Crippen LogP contribution is -2.13. The molecule has 1 amide bonds. The van der Waals surface area contributed by atoms with Crippen LogP contribution in [0.3, 0.4) is 0 Å². The fourth-order valence-corrected chi connectivity index (χ4v) is 1.95. The van der Waals surface area contributed by atoms with Gasteiger partial charge in [-0.15, -0.1) is 11.6 Å². The van der Waals surface area contributed by atoms with Crippen molar-refractivity contribution in [1.82, 2.24) is 0 Å². The van der Waals surface area contributed by atoms with Gasteiger partial charge < -0.3 is 5.32 Å². The van der Waals surface area contributed by atoms with Crippen molar-refractivity contribution in [3.8, 4) is 0 Å². The van der Waals surface area contributed by atoms with Gasteiger partial charge in [0.25, 0.3) is 5.91 Å². The highest BCUT2D eigenvalue weighted by atomic mass is 35.5. The molecule has 0 fully saturated rings. The van der Waals surface area contributed by atoms with Gasteiger partial charge in [-0.2, -0.15) is 0 Å². The van der Waals surface area contributed by atoms with Crippen LogP contribution in [0.4, 0.5) is 5.69 Å². The van der Waals surface area contributed by atoms with Crippen molar-refractivity contribution in [1.29, 1.82) is 0 Å². The minimum absolute atomic E-state index is 0.173. The predicted molar refractivity (Wildman–Crippen MR) is 75.4 cm³/mol. The van der Waals surface area contributed by atoms with Crippen LogP contribution in [0.15, 0.2) is 48.5 Å². The Hall–Kier alpha value is -1.51. The molecule has 18 heavy (non-hydrogen) atoms. The lowest BCUT2D eigenvalue weighted by atomic mass is 10.1. The van der Waals surface area contributed by atoms with Gasteiger partial charge in [0, 0.05) is 22.2 Å². The zero-order valence-electron chi connectivity index (χ0n) is 9.49. The number of halogens is 2. The van der Waals surface area contributed by atoms with Gasteiger partial charge >= 0.3 is 0 Å². The molecule has 0 aromatic heterocycles. The Labute approximate surface area is 116 Å². The standard InChI is InChI=1S/C14H11Cl2NO/c15-9-10-3-1-2-4-13(10)14(18)17-12-7-5-11(16)6-8-12/h1-8H,9H2,(H,17,18). The number of rotatable bonds is 3. The van der Waals surface area contributed by atoms with Crippen molar-refractivity contribution in [2.45, 2.75) is 5.88 Å². The number of carbonyl (C=O) groups excluding carboxylic acids is 1. The summed E-state index contributed by atoms with van der Waals surface area (Å²) < 4.78 is 0. The van der Waals surface area contributed by atoms with E-state index in [9.17, 15) is 4.79 Å². The number of alkyl halides is 1. The predicted octanol–water partition coefficient (Wildman–Crippen LogP) is 4.33. The zero-order valence-corrected chi connectivity index (χ0v) is 11.0. The minimum Gasteiger partial charge on any atom is -0.322 e. The van der Waals surface area contributed by atoms with E-state index in [0.717, 1.165) is 5.56 Å². The smallest absolute Gasteiger partial charge is 0.255 e. The summed E-state index contributed by atoms with van der Waals surface area (Å²) >= 11 is 11.6. The van der Waals surface area contributed by atoms with Crippen molar-refractivity contribution in [3.05, 3.63) is 64.7 Å². The SMILES string of the molecule is O=C(Nc1ccc(Cl)cc1)c1ccccc1CCl. The van der Waals surface area contributed by atoms with Crippen LogP contribution in [0.1, 0.15) is 15.9 Å². The van der Waals surface area contributed by atoms with E-state index in [2.05, 4.69) is 5.32 Å². The van der Waals surface area contributed by atoms with Crippen LogP contribution in [0.5, 0.6) is 0 Å². The molecular weight excluding hydrogens is 269 g/mol. The Morgan fingerprint density at radius 2 is 1.72 bits per heavy atom. The molecule has 92 valence electrons. The molecule has 0 saturated heterocycles. The molecule has 0 aliphatic carbocycles. The molecule has 2 rings (SSSR count). The van der Waals surface area contributed by atoms with Gasteiger partial charge in [-0.25, -0.2) is 0 Å². The van der Waals surface area contributed by atoms with Gasteiger partial charge in [-0.3, -0.25) is 4.79 Å². The van der Waals surface area contributed by atoms with E-state index in [0.29, 0.717) is 22.2 Å². The second-order valence-electron chi connectivity index (χ2n) is 3.75. The molecule has 1 N–H and O–H groups in total. The van der Waals surface area contributed by atoms with E-state index in [4.69, 9.17) is 23.2 Å². The van der Waals surface area contributed by atoms with Crippen molar-refractivity contribution in [2.75, 3.05) is 5.32 Å². The number of nitrogens with one attached hydrogen (secondary N) is 1. The molecule has 0 saturated carbocycles. The summed E-state index contributed by atoms with van der Waals surface area (Å²) in [4.78, 5) is 12.1. The first-order valence-corrected chi connectivity index (χ1v) is 6.33. The van der Waals surface area contributed by atoms with Crippen LogP contribution in [0, 0.1) is 0 Å². The van der Waals surface area contributed by atoms with Crippen LogP contribution < -0.4 is 5.32 Å². The molecule has 2 nitrogen and oxygen atoms in total. The largest absolute Gasteiger partial charge is 0.322 e. The van der Waals surface area contributed by atoms with Crippen LogP contribution >= 0.6 is 23.2 Å². The number of anilines is 1. The molecule has 0 heterocycles. The third-order valence-corrected chi connectivity index (χ3v) is 3.05. The maximum absolute atomic E-state index is 12.1. The Morgan fingerprint density at radius 3 is 2.39 bits per heavy atom. The summed E-state index contributed by atoms with van der Waals surface area (Å²) in [6.07, 6.45) is 0. The molecule has 0 aliphatic rings. The highest BCUT2D eigenvalue weighted by molar-refractivity contribution is 6.30. The molecule has 0 bridgehead atoms. The van der Waals surface area contributed by atoms with E-state index < -0.39 is 0 Å². The molecule has 4 heteroatoms. The highest BCUT2D eigenvalue weighted by Crippen LogP contribution is 2.16. The van der Waals surface area contributed by atoms with Gasteiger partial charge in [-0.1, -0.05) is 29.8 Å². The summed E-state index contributed by atoms with van der Waals surface area (Å²) in [6.45, 7) is 0. The van der Waals surface area contributed by atoms with E-state index in [-0.39, 0.29) is 5.91 Å². The average Bonchev–Trinajstić information content (AvgIpc) is 2.41. The third-order valence-electron chi connectivity index (χ3n) is 2.51. The fraction of sp³-hybridized carbons (Fsp3) is 0.0714. The van der Waals surface area contributed by atoms with E-state index in [1.54, 1.807) is 30.3 Å². The number of hydrogen-bond acceptors (Lipinski definition) is 1. The lowest BCUT2D eigenvalue weighted by molar-refractivity contribution is 0.102.